The van der Waals surface area contributed by atoms with Gasteiger partial charge in [-0.1, -0.05) is 6.92 Å². The van der Waals surface area contributed by atoms with Gasteiger partial charge in [-0.05, 0) is 32.4 Å². The van der Waals surface area contributed by atoms with E-state index in [4.69, 9.17) is 0 Å². The molecule has 20 heavy (non-hydrogen) atoms. The molecular formula is C14H23N5O. The van der Waals surface area contributed by atoms with Crippen LogP contribution in [0.2, 0.25) is 0 Å². The van der Waals surface area contributed by atoms with E-state index in [1.807, 2.05) is 0 Å². The molecule has 1 aliphatic heterocycles. The molecule has 0 saturated carbocycles. The molecule has 1 fully saturated rings. The number of hydrogen-bond donors (Lipinski definition) is 2. The summed E-state index contributed by atoms with van der Waals surface area (Å²) in [5.41, 5.74) is 0.369. The van der Waals surface area contributed by atoms with Crippen molar-refractivity contribution >= 4 is 11.7 Å². The molecule has 0 radical (unpaired) electrons. The zero-order chi connectivity index (χ0) is 14.2. The second kappa shape index (κ2) is 7.79. The van der Waals surface area contributed by atoms with E-state index in [1.54, 1.807) is 6.20 Å². The standard InChI is InChI=1S/C14H23N5O/c1-2-5-15-13-11-17-12(10-18-13)14(20)16-6-9-19-7-3-4-8-19/h10-11H,2-9H2,1H3,(H,15,18)(H,16,20). The summed E-state index contributed by atoms with van der Waals surface area (Å²) in [6.45, 7) is 6.81. The molecule has 0 aliphatic carbocycles. The zero-order valence-electron chi connectivity index (χ0n) is 12.1. The summed E-state index contributed by atoms with van der Waals surface area (Å²) in [5.74, 6) is 0.555. The van der Waals surface area contributed by atoms with E-state index in [0.717, 1.165) is 32.6 Å². The lowest BCUT2D eigenvalue weighted by Crippen LogP contribution is -2.33. The first-order valence-electron chi connectivity index (χ1n) is 7.36. The SMILES string of the molecule is CCCNc1cnc(C(=O)NCCN2CCCC2)cn1. The minimum absolute atomic E-state index is 0.154. The minimum atomic E-state index is -0.154. The number of anilines is 1. The van der Waals surface area contributed by atoms with Crippen molar-refractivity contribution in [2.75, 3.05) is 38.0 Å². The maximum atomic E-state index is 11.9. The molecule has 2 heterocycles. The number of carbonyl (C=O) groups is 1. The first kappa shape index (κ1) is 14.7. The van der Waals surface area contributed by atoms with E-state index in [-0.39, 0.29) is 5.91 Å². The minimum Gasteiger partial charge on any atom is -0.369 e. The summed E-state index contributed by atoms with van der Waals surface area (Å²) < 4.78 is 0. The second-order valence-electron chi connectivity index (χ2n) is 5.02. The summed E-state index contributed by atoms with van der Waals surface area (Å²) in [6.07, 6.45) is 6.69. The molecule has 0 aromatic carbocycles. The Labute approximate surface area is 120 Å². The largest absolute Gasteiger partial charge is 0.369 e. The van der Waals surface area contributed by atoms with Gasteiger partial charge in [0, 0.05) is 19.6 Å². The van der Waals surface area contributed by atoms with Crippen molar-refractivity contribution in [2.24, 2.45) is 0 Å². The monoisotopic (exact) mass is 277 g/mol. The smallest absolute Gasteiger partial charge is 0.271 e. The van der Waals surface area contributed by atoms with Gasteiger partial charge >= 0.3 is 0 Å². The van der Waals surface area contributed by atoms with Crippen LogP contribution in [0.15, 0.2) is 12.4 Å². The predicted molar refractivity (Wildman–Crippen MR) is 78.8 cm³/mol. The maximum Gasteiger partial charge on any atom is 0.271 e. The molecule has 1 amide bonds. The lowest BCUT2D eigenvalue weighted by atomic mass is 10.4. The van der Waals surface area contributed by atoms with Gasteiger partial charge in [-0.2, -0.15) is 0 Å². The first-order valence-corrected chi connectivity index (χ1v) is 7.36. The molecular weight excluding hydrogens is 254 g/mol. The molecule has 6 heteroatoms. The van der Waals surface area contributed by atoms with E-state index < -0.39 is 0 Å². The van der Waals surface area contributed by atoms with Crippen molar-refractivity contribution in [1.29, 1.82) is 0 Å². The summed E-state index contributed by atoms with van der Waals surface area (Å²) in [7, 11) is 0. The Morgan fingerprint density at radius 3 is 2.70 bits per heavy atom. The number of likely N-dealkylation sites (tertiary alicyclic amines) is 1. The van der Waals surface area contributed by atoms with Crippen LogP contribution < -0.4 is 10.6 Å². The summed E-state index contributed by atoms with van der Waals surface area (Å²) in [4.78, 5) is 22.6. The maximum absolute atomic E-state index is 11.9. The quantitative estimate of drug-likeness (QED) is 0.781. The van der Waals surface area contributed by atoms with Crippen LogP contribution in [0.1, 0.15) is 36.7 Å². The summed E-state index contributed by atoms with van der Waals surface area (Å²) >= 11 is 0. The summed E-state index contributed by atoms with van der Waals surface area (Å²) in [5, 5.41) is 6.01. The van der Waals surface area contributed by atoms with Crippen LogP contribution in [-0.2, 0) is 0 Å². The van der Waals surface area contributed by atoms with Gasteiger partial charge < -0.3 is 15.5 Å². The van der Waals surface area contributed by atoms with Crippen molar-refractivity contribution in [3.8, 4) is 0 Å². The van der Waals surface area contributed by atoms with Crippen LogP contribution in [-0.4, -0.2) is 53.5 Å². The van der Waals surface area contributed by atoms with Gasteiger partial charge in [-0.15, -0.1) is 0 Å². The molecule has 0 bridgehead atoms. The number of nitrogens with one attached hydrogen (secondary N) is 2. The van der Waals surface area contributed by atoms with Crippen molar-refractivity contribution in [3.63, 3.8) is 0 Å². The number of carbonyl (C=O) groups excluding carboxylic acids is 1. The number of amides is 1. The highest BCUT2D eigenvalue weighted by atomic mass is 16.1. The molecule has 1 aromatic rings. The van der Waals surface area contributed by atoms with Crippen molar-refractivity contribution < 1.29 is 4.79 Å². The van der Waals surface area contributed by atoms with E-state index in [9.17, 15) is 4.79 Å². The van der Waals surface area contributed by atoms with E-state index in [0.29, 0.717) is 18.1 Å². The summed E-state index contributed by atoms with van der Waals surface area (Å²) in [6, 6.07) is 0. The normalized spacial score (nSPS) is 15.2. The van der Waals surface area contributed by atoms with Gasteiger partial charge in [-0.25, -0.2) is 9.97 Å². The van der Waals surface area contributed by atoms with Gasteiger partial charge in [-0.3, -0.25) is 4.79 Å². The molecule has 0 atom stereocenters. The van der Waals surface area contributed by atoms with Crippen molar-refractivity contribution in [2.45, 2.75) is 26.2 Å². The Bertz CT molecular complexity index is 414. The van der Waals surface area contributed by atoms with Crippen molar-refractivity contribution in [1.82, 2.24) is 20.2 Å². The Morgan fingerprint density at radius 1 is 1.25 bits per heavy atom. The van der Waals surface area contributed by atoms with Gasteiger partial charge in [0.2, 0.25) is 0 Å². The van der Waals surface area contributed by atoms with Gasteiger partial charge in [0.1, 0.15) is 11.5 Å². The van der Waals surface area contributed by atoms with E-state index in [1.165, 1.54) is 19.0 Å². The average Bonchev–Trinajstić information content (AvgIpc) is 2.99. The van der Waals surface area contributed by atoms with Crippen LogP contribution in [0.4, 0.5) is 5.82 Å². The lowest BCUT2D eigenvalue weighted by molar-refractivity contribution is 0.0944. The lowest BCUT2D eigenvalue weighted by Gasteiger charge is -2.14. The second-order valence-corrected chi connectivity index (χ2v) is 5.02. The molecule has 2 rings (SSSR count). The molecule has 6 nitrogen and oxygen atoms in total. The Balaban J connectivity index is 1.73. The highest BCUT2D eigenvalue weighted by molar-refractivity contribution is 5.91. The van der Waals surface area contributed by atoms with Crippen LogP contribution >= 0.6 is 0 Å². The third-order valence-electron chi connectivity index (χ3n) is 3.35. The first-order chi connectivity index (χ1) is 9.79. The van der Waals surface area contributed by atoms with Crippen LogP contribution in [0.3, 0.4) is 0 Å². The van der Waals surface area contributed by atoms with E-state index >= 15 is 0 Å². The fraction of sp³-hybridized carbons (Fsp3) is 0.643. The predicted octanol–water partition coefficient (Wildman–Crippen LogP) is 1.12. The van der Waals surface area contributed by atoms with Gasteiger partial charge in [0.15, 0.2) is 0 Å². The van der Waals surface area contributed by atoms with Gasteiger partial charge in [0.05, 0.1) is 12.4 Å². The zero-order valence-corrected chi connectivity index (χ0v) is 12.1. The molecule has 110 valence electrons. The average molecular weight is 277 g/mol. The van der Waals surface area contributed by atoms with Gasteiger partial charge in [0.25, 0.3) is 5.91 Å². The van der Waals surface area contributed by atoms with E-state index in [2.05, 4.69) is 32.4 Å². The molecule has 1 aliphatic rings. The third kappa shape index (κ3) is 4.45. The third-order valence-corrected chi connectivity index (χ3v) is 3.35. The van der Waals surface area contributed by atoms with Crippen LogP contribution in [0.25, 0.3) is 0 Å². The number of hydrogen-bond acceptors (Lipinski definition) is 5. The van der Waals surface area contributed by atoms with Crippen LogP contribution in [0, 0.1) is 0 Å². The molecule has 0 unspecified atom stereocenters. The molecule has 2 N–H and O–H groups in total. The highest BCUT2D eigenvalue weighted by Crippen LogP contribution is 2.05. The number of aromatic nitrogens is 2. The Morgan fingerprint density at radius 2 is 2.05 bits per heavy atom. The Hall–Kier alpha value is -1.69. The van der Waals surface area contributed by atoms with Crippen molar-refractivity contribution in [3.05, 3.63) is 18.1 Å². The molecule has 0 spiro atoms. The fourth-order valence-electron chi connectivity index (χ4n) is 2.21. The fourth-order valence-corrected chi connectivity index (χ4v) is 2.21. The number of nitrogens with zero attached hydrogens (tertiary/aromatic N) is 3. The number of rotatable bonds is 7. The molecule has 1 aromatic heterocycles. The Kier molecular flexibility index (Phi) is 5.73. The topological polar surface area (TPSA) is 70.2 Å². The highest BCUT2D eigenvalue weighted by Gasteiger charge is 2.12. The van der Waals surface area contributed by atoms with Crippen LogP contribution in [0.5, 0.6) is 0 Å². The molecule has 1 saturated heterocycles.